The minimum absolute atomic E-state index is 0.00882. The van der Waals surface area contributed by atoms with Gasteiger partial charge in [-0.25, -0.2) is 8.42 Å². The Labute approximate surface area is 129 Å². The van der Waals surface area contributed by atoms with Crippen LogP contribution in [0.3, 0.4) is 0 Å². The number of hydrogen-bond acceptors (Lipinski definition) is 4. The number of benzene rings is 1. The van der Waals surface area contributed by atoms with Crippen LogP contribution in [0.25, 0.3) is 0 Å². The first-order valence-corrected chi connectivity index (χ1v) is 8.35. The quantitative estimate of drug-likeness (QED) is 0.863. The van der Waals surface area contributed by atoms with Crippen molar-refractivity contribution in [1.29, 1.82) is 0 Å². The van der Waals surface area contributed by atoms with E-state index in [0.29, 0.717) is 25.1 Å². The van der Waals surface area contributed by atoms with Gasteiger partial charge in [-0.3, -0.25) is 9.59 Å². The maximum absolute atomic E-state index is 12.5. The first-order valence-electron chi connectivity index (χ1n) is 6.91. The number of hydrogen-bond donors (Lipinski definition) is 2. The summed E-state index contributed by atoms with van der Waals surface area (Å²) in [6, 6.07) is 5.83. The third-order valence-corrected chi connectivity index (χ3v) is 5.43. The van der Waals surface area contributed by atoms with Gasteiger partial charge in [0.1, 0.15) is 0 Å². The molecule has 1 aliphatic heterocycles. The molecule has 0 unspecified atom stereocenters. The van der Waals surface area contributed by atoms with Gasteiger partial charge < -0.3 is 10.4 Å². The maximum Gasteiger partial charge on any atom is 0.307 e. The van der Waals surface area contributed by atoms with Crippen LogP contribution in [0.2, 0.25) is 0 Å². The number of rotatable bonds is 4. The van der Waals surface area contributed by atoms with E-state index in [1.54, 1.807) is 0 Å². The van der Waals surface area contributed by atoms with Crippen molar-refractivity contribution in [2.45, 2.75) is 24.7 Å². The number of amides is 1. The molecule has 1 aromatic carbocycles. The zero-order chi connectivity index (χ0) is 16.3. The summed E-state index contributed by atoms with van der Waals surface area (Å²) in [5.74, 6) is -1.88. The lowest BCUT2D eigenvalue weighted by Crippen LogP contribution is -2.42. The fraction of sp³-hybridized carbons (Fsp3) is 0.429. The van der Waals surface area contributed by atoms with Crippen molar-refractivity contribution in [2.75, 3.05) is 18.4 Å². The summed E-state index contributed by atoms with van der Waals surface area (Å²) in [5.41, 5.74) is 0.508. The van der Waals surface area contributed by atoms with Gasteiger partial charge >= 0.3 is 5.97 Å². The minimum atomic E-state index is -3.72. The second-order valence-electron chi connectivity index (χ2n) is 5.25. The topological polar surface area (TPSA) is 104 Å². The average molecular weight is 326 g/mol. The Morgan fingerprint density at radius 2 is 1.91 bits per heavy atom. The van der Waals surface area contributed by atoms with E-state index >= 15 is 0 Å². The molecule has 7 nitrogen and oxygen atoms in total. The Bertz CT molecular complexity index is 669. The van der Waals surface area contributed by atoms with Crippen LogP contribution in [0.1, 0.15) is 19.8 Å². The lowest BCUT2D eigenvalue weighted by atomic mass is 10.0. The number of piperidine rings is 1. The van der Waals surface area contributed by atoms with Crippen molar-refractivity contribution in [3.05, 3.63) is 24.3 Å². The molecule has 1 heterocycles. The van der Waals surface area contributed by atoms with Gasteiger partial charge in [0.25, 0.3) is 0 Å². The molecule has 0 spiro atoms. The zero-order valence-electron chi connectivity index (χ0n) is 12.2. The van der Waals surface area contributed by atoms with Crippen LogP contribution in [-0.2, 0) is 19.6 Å². The van der Waals surface area contributed by atoms with Crippen molar-refractivity contribution >= 4 is 27.6 Å². The predicted octanol–water partition coefficient (Wildman–Crippen LogP) is 1.13. The minimum Gasteiger partial charge on any atom is -0.481 e. The molecule has 1 fully saturated rings. The number of aliphatic carboxylic acids is 1. The van der Waals surface area contributed by atoms with Crippen LogP contribution in [0.5, 0.6) is 0 Å². The van der Waals surface area contributed by atoms with E-state index in [-0.39, 0.29) is 17.3 Å². The number of nitrogens with zero attached hydrogens (tertiary/aromatic N) is 1. The standard InChI is InChI=1S/C14H18N2O5S/c1-10(17)15-12-4-6-13(7-5-12)22(20,21)16-8-2-3-11(9-16)14(18)19/h4-7,11H,2-3,8-9H2,1H3,(H,15,17)(H,18,19)/t11-/m1/s1. The first kappa shape index (κ1) is 16.4. The summed E-state index contributed by atoms with van der Waals surface area (Å²) in [6.45, 7) is 1.68. The summed E-state index contributed by atoms with van der Waals surface area (Å²) in [7, 11) is -3.72. The van der Waals surface area contributed by atoms with E-state index in [1.807, 2.05) is 0 Å². The molecule has 1 amide bonds. The third-order valence-electron chi connectivity index (χ3n) is 3.55. The number of carboxylic acid groups (broad SMARTS) is 1. The highest BCUT2D eigenvalue weighted by atomic mass is 32.2. The Balaban J connectivity index is 2.19. The summed E-state index contributed by atoms with van der Waals surface area (Å²) < 4.78 is 26.3. The van der Waals surface area contributed by atoms with Gasteiger partial charge in [0.2, 0.25) is 15.9 Å². The van der Waals surface area contributed by atoms with E-state index in [0.717, 1.165) is 0 Å². The van der Waals surface area contributed by atoms with Gasteiger partial charge in [0, 0.05) is 25.7 Å². The first-order chi connectivity index (χ1) is 10.3. The van der Waals surface area contributed by atoms with Gasteiger partial charge in [-0.2, -0.15) is 4.31 Å². The van der Waals surface area contributed by atoms with Crippen LogP contribution in [0.4, 0.5) is 5.69 Å². The molecule has 22 heavy (non-hydrogen) atoms. The van der Waals surface area contributed by atoms with E-state index in [1.165, 1.54) is 35.5 Å². The molecule has 0 bridgehead atoms. The normalized spacial score (nSPS) is 19.6. The fourth-order valence-corrected chi connectivity index (χ4v) is 3.95. The number of carbonyl (C=O) groups excluding carboxylic acids is 1. The van der Waals surface area contributed by atoms with Gasteiger partial charge in [-0.15, -0.1) is 0 Å². The highest BCUT2D eigenvalue weighted by Gasteiger charge is 2.33. The Hall–Kier alpha value is -1.93. The molecule has 2 rings (SSSR count). The molecule has 2 N–H and O–H groups in total. The Morgan fingerprint density at radius 1 is 1.27 bits per heavy atom. The third kappa shape index (κ3) is 3.63. The lowest BCUT2D eigenvalue weighted by Gasteiger charge is -2.29. The number of nitrogens with one attached hydrogen (secondary N) is 1. The number of anilines is 1. The molecule has 1 atom stereocenters. The largest absolute Gasteiger partial charge is 0.481 e. The molecule has 0 aliphatic carbocycles. The SMILES string of the molecule is CC(=O)Nc1ccc(S(=O)(=O)N2CCC[C@@H](C(=O)O)C2)cc1. The molecular formula is C14H18N2O5S. The van der Waals surface area contributed by atoms with Gasteiger partial charge in [-0.1, -0.05) is 0 Å². The monoisotopic (exact) mass is 326 g/mol. The number of carboxylic acids is 1. The molecule has 8 heteroatoms. The predicted molar refractivity (Wildman–Crippen MR) is 79.9 cm³/mol. The summed E-state index contributed by atoms with van der Waals surface area (Å²) in [5, 5.41) is 11.6. The second-order valence-corrected chi connectivity index (χ2v) is 7.18. The molecule has 1 saturated heterocycles. The smallest absolute Gasteiger partial charge is 0.307 e. The van der Waals surface area contributed by atoms with Gasteiger partial charge in [-0.05, 0) is 37.1 Å². The molecule has 120 valence electrons. The summed E-state index contributed by atoms with van der Waals surface area (Å²) >= 11 is 0. The Morgan fingerprint density at radius 3 is 2.45 bits per heavy atom. The summed E-state index contributed by atoms with van der Waals surface area (Å²) in [6.07, 6.45) is 1.02. The highest BCUT2D eigenvalue weighted by Crippen LogP contribution is 2.24. The van der Waals surface area contributed by atoms with Crippen molar-refractivity contribution in [2.24, 2.45) is 5.92 Å². The van der Waals surface area contributed by atoms with Crippen LogP contribution >= 0.6 is 0 Å². The molecule has 0 radical (unpaired) electrons. The molecule has 1 aromatic rings. The lowest BCUT2D eigenvalue weighted by molar-refractivity contribution is -0.142. The van der Waals surface area contributed by atoms with Crippen molar-refractivity contribution in [1.82, 2.24) is 4.31 Å². The number of carbonyl (C=O) groups is 2. The van der Waals surface area contributed by atoms with Gasteiger partial charge in [0.05, 0.1) is 10.8 Å². The second kappa shape index (κ2) is 6.45. The van der Waals surface area contributed by atoms with E-state index < -0.39 is 21.9 Å². The van der Waals surface area contributed by atoms with E-state index in [9.17, 15) is 18.0 Å². The van der Waals surface area contributed by atoms with Crippen LogP contribution in [-0.4, -0.2) is 42.8 Å². The van der Waals surface area contributed by atoms with E-state index in [2.05, 4.69) is 5.32 Å². The molecule has 1 aliphatic rings. The molecule has 0 saturated carbocycles. The van der Waals surface area contributed by atoms with Crippen LogP contribution < -0.4 is 5.32 Å². The van der Waals surface area contributed by atoms with Crippen molar-refractivity contribution in [3.63, 3.8) is 0 Å². The van der Waals surface area contributed by atoms with Gasteiger partial charge in [0.15, 0.2) is 0 Å². The highest BCUT2D eigenvalue weighted by molar-refractivity contribution is 7.89. The average Bonchev–Trinajstić information content (AvgIpc) is 2.47. The summed E-state index contributed by atoms with van der Waals surface area (Å²) in [4.78, 5) is 22.1. The van der Waals surface area contributed by atoms with E-state index in [4.69, 9.17) is 5.11 Å². The van der Waals surface area contributed by atoms with Crippen LogP contribution in [0.15, 0.2) is 29.2 Å². The molecular weight excluding hydrogens is 308 g/mol. The maximum atomic E-state index is 12.5. The van der Waals surface area contributed by atoms with Crippen LogP contribution in [0, 0.1) is 5.92 Å². The Kier molecular flexibility index (Phi) is 4.82. The number of sulfonamides is 1. The fourth-order valence-electron chi connectivity index (χ4n) is 2.42. The van der Waals surface area contributed by atoms with Crippen molar-refractivity contribution < 1.29 is 23.1 Å². The molecule has 0 aromatic heterocycles. The zero-order valence-corrected chi connectivity index (χ0v) is 13.0. The van der Waals surface area contributed by atoms with Crippen molar-refractivity contribution in [3.8, 4) is 0 Å².